The van der Waals surface area contributed by atoms with E-state index in [0.29, 0.717) is 23.3 Å². The number of pyridine rings is 1. The number of nitrogens with one attached hydrogen (secondary N) is 1. The van der Waals surface area contributed by atoms with Gasteiger partial charge in [-0.3, -0.25) is 5.10 Å². The number of hydrogen-bond acceptors (Lipinski definition) is 4. The van der Waals surface area contributed by atoms with Gasteiger partial charge in [-0.25, -0.2) is 9.78 Å². The van der Waals surface area contributed by atoms with Crippen LogP contribution in [0.15, 0.2) is 18.3 Å². The molecule has 2 aromatic heterocycles. The van der Waals surface area contributed by atoms with Crippen LogP contribution in [-0.2, 0) is 4.74 Å². The van der Waals surface area contributed by atoms with E-state index in [-0.39, 0.29) is 0 Å². The van der Waals surface area contributed by atoms with Crippen molar-refractivity contribution in [2.45, 2.75) is 6.92 Å². The van der Waals surface area contributed by atoms with Crippen LogP contribution in [0.1, 0.15) is 17.4 Å². The molecule has 5 heteroatoms. The normalized spacial score (nSPS) is 10.4. The molecule has 0 radical (unpaired) electrons. The van der Waals surface area contributed by atoms with Crippen LogP contribution in [0.4, 0.5) is 0 Å². The quantitative estimate of drug-likeness (QED) is 0.722. The van der Waals surface area contributed by atoms with E-state index in [0.717, 1.165) is 0 Å². The molecule has 0 amide bonds. The molecule has 0 aliphatic carbocycles. The van der Waals surface area contributed by atoms with Gasteiger partial charge in [0.15, 0.2) is 11.3 Å². The molecule has 0 aliphatic rings. The van der Waals surface area contributed by atoms with Gasteiger partial charge in [0.05, 0.1) is 12.0 Å². The molecule has 0 bridgehead atoms. The molecule has 72 valence electrons. The lowest BCUT2D eigenvalue weighted by Crippen LogP contribution is -2.05. The van der Waals surface area contributed by atoms with Crippen LogP contribution in [0.3, 0.4) is 0 Å². The van der Waals surface area contributed by atoms with Crippen molar-refractivity contribution in [2.24, 2.45) is 0 Å². The summed E-state index contributed by atoms with van der Waals surface area (Å²) in [5.74, 6) is -0.400. The summed E-state index contributed by atoms with van der Waals surface area (Å²) >= 11 is 0. The van der Waals surface area contributed by atoms with Gasteiger partial charge in [-0.15, -0.1) is 0 Å². The first-order valence-electron chi connectivity index (χ1n) is 4.29. The monoisotopic (exact) mass is 191 g/mol. The Kier molecular flexibility index (Phi) is 2.14. The topological polar surface area (TPSA) is 67.9 Å². The van der Waals surface area contributed by atoms with E-state index < -0.39 is 5.97 Å². The maximum absolute atomic E-state index is 11.4. The van der Waals surface area contributed by atoms with E-state index in [1.54, 1.807) is 25.3 Å². The first-order chi connectivity index (χ1) is 6.83. The van der Waals surface area contributed by atoms with E-state index in [1.165, 1.54) is 0 Å². The van der Waals surface area contributed by atoms with Gasteiger partial charge in [-0.1, -0.05) is 0 Å². The SMILES string of the molecule is CCOC(=O)c1[nH]nc2ncccc12. The Labute approximate surface area is 80.1 Å². The summed E-state index contributed by atoms with van der Waals surface area (Å²) in [6, 6.07) is 3.53. The first-order valence-corrected chi connectivity index (χ1v) is 4.29. The third kappa shape index (κ3) is 1.32. The summed E-state index contributed by atoms with van der Waals surface area (Å²) < 4.78 is 4.86. The Morgan fingerprint density at radius 1 is 1.64 bits per heavy atom. The van der Waals surface area contributed by atoms with Gasteiger partial charge in [-0.2, -0.15) is 5.10 Å². The molecule has 0 spiro atoms. The minimum absolute atomic E-state index is 0.347. The number of nitrogens with zero attached hydrogens (tertiary/aromatic N) is 2. The molecule has 14 heavy (non-hydrogen) atoms. The zero-order chi connectivity index (χ0) is 9.97. The molecule has 0 saturated heterocycles. The van der Waals surface area contributed by atoms with Crippen molar-refractivity contribution in [3.8, 4) is 0 Å². The van der Waals surface area contributed by atoms with Crippen LogP contribution in [0.2, 0.25) is 0 Å². The lowest BCUT2D eigenvalue weighted by atomic mass is 10.3. The second-order valence-corrected chi connectivity index (χ2v) is 2.69. The second kappa shape index (κ2) is 3.45. The number of H-pyrrole nitrogens is 1. The Morgan fingerprint density at radius 2 is 2.50 bits per heavy atom. The Bertz CT molecular complexity index is 464. The predicted octanol–water partition coefficient (Wildman–Crippen LogP) is 1.13. The third-order valence-electron chi connectivity index (χ3n) is 1.81. The number of carbonyl (C=O) groups is 1. The van der Waals surface area contributed by atoms with Crippen LogP contribution in [0.5, 0.6) is 0 Å². The number of esters is 1. The molecule has 2 rings (SSSR count). The molecule has 0 unspecified atom stereocenters. The number of hydrogen-bond donors (Lipinski definition) is 1. The largest absolute Gasteiger partial charge is 0.461 e. The van der Waals surface area contributed by atoms with Gasteiger partial charge in [0.1, 0.15) is 0 Å². The van der Waals surface area contributed by atoms with Crippen LogP contribution in [0.25, 0.3) is 11.0 Å². The minimum Gasteiger partial charge on any atom is -0.461 e. The van der Waals surface area contributed by atoms with Gasteiger partial charge < -0.3 is 4.74 Å². The van der Waals surface area contributed by atoms with Crippen molar-refractivity contribution in [3.05, 3.63) is 24.0 Å². The van der Waals surface area contributed by atoms with Crippen molar-refractivity contribution in [1.29, 1.82) is 0 Å². The lowest BCUT2D eigenvalue weighted by molar-refractivity contribution is 0.0521. The van der Waals surface area contributed by atoms with Gasteiger partial charge >= 0.3 is 5.97 Å². The number of carbonyl (C=O) groups excluding carboxylic acids is 1. The first kappa shape index (κ1) is 8.68. The fourth-order valence-electron chi connectivity index (χ4n) is 1.21. The van der Waals surface area contributed by atoms with Gasteiger partial charge in [0.25, 0.3) is 0 Å². The van der Waals surface area contributed by atoms with Crippen LogP contribution in [-0.4, -0.2) is 27.8 Å². The highest BCUT2D eigenvalue weighted by atomic mass is 16.5. The minimum atomic E-state index is -0.400. The van der Waals surface area contributed by atoms with Gasteiger partial charge in [0, 0.05) is 6.20 Å². The number of aromatic amines is 1. The molecule has 2 heterocycles. The highest BCUT2D eigenvalue weighted by Gasteiger charge is 2.13. The zero-order valence-corrected chi connectivity index (χ0v) is 7.65. The smallest absolute Gasteiger partial charge is 0.357 e. The second-order valence-electron chi connectivity index (χ2n) is 2.69. The molecule has 2 aromatic rings. The summed E-state index contributed by atoms with van der Waals surface area (Å²) in [5, 5.41) is 7.18. The average molecular weight is 191 g/mol. The number of ether oxygens (including phenoxy) is 1. The molecule has 0 fully saturated rings. The fourth-order valence-corrected chi connectivity index (χ4v) is 1.21. The van der Waals surface area contributed by atoms with E-state index >= 15 is 0 Å². The van der Waals surface area contributed by atoms with Crippen LogP contribution >= 0.6 is 0 Å². The van der Waals surface area contributed by atoms with Gasteiger partial charge in [0.2, 0.25) is 0 Å². The summed E-state index contributed by atoms with van der Waals surface area (Å²) in [7, 11) is 0. The summed E-state index contributed by atoms with van der Waals surface area (Å²) in [6.45, 7) is 2.11. The van der Waals surface area contributed by atoms with Crippen molar-refractivity contribution in [1.82, 2.24) is 15.2 Å². The Hall–Kier alpha value is -1.91. The standard InChI is InChI=1S/C9H9N3O2/c1-2-14-9(13)7-6-4-3-5-10-8(6)12-11-7/h3-5H,2H2,1H3,(H,10,11,12). The maximum atomic E-state index is 11.4. The molecule has 1 N–H and O–H groups in total. The molecule has 5 nitrogen and oxygen atoms in total. The summed E-state index contributed by atoms with van der Waals surface area (Å²) in [4.78, 5) is 15.4. The number of fused-ring (bicyclic) bond motifs is 1. The predicted molar refractivity (Wildman–Crippen MR) is 49.8 cm³/mol. The van der Waals surface area contributed by atoms with E-state index in [4.69, 9.17) is 4.74 Å². The van der Waals surface area contributed by atoms with E-state index in [9.17, 15) is 4.79 Å². The van der Waals surface area contributed by atoms with Crippen molar-refractivity contribution in [2.75, 3.05) is 6.61 Å². The average Bonchev–Trinajstić information content (AvgIpc) is 2.61. The van der Waals surface area contributed by atoms with Crippen molar-refractivity contribution in [3.63, 3.8) is 0 Å². The lowest BCUT2D eigenvalue weighted by Gasteiger charge is -1.97. The van der Waals surface area contributed by atoms with Crippen molar-refractivity contribution < 1.29 is 9.53 Å². The van der Waals surface area contributed by atoms with Crippen molar-refractivity contribution >= 4 is 17.0 Å². The maximum Gasteiger partial charge on any atom is 0.357 e. The number of aromatic nitrogens is 3. The third-order valence-corrected chi connectivity index (χ3v) is 1.81. The Balaban J connectivity index is 2.47. The van der Waals surface area contributed by atoms with E-state index in [1.807, 2.05) is 0 Å². The molecular formula is C9H9N3O2. The molecule has 0 aliphatic heterocycles. The highest BCUT2D eigenvalue weighted by molar-refractivity contribution is 6.00. The zero-order valence-electron chi connectivity index (χ0n) is 7.65. The summed E-state index contributed by atoms with van der Waals surface area (Å²) in [6.07, 6.45) is 1.62. The Morgan fingerprint density at radius 3 is 3.29 bits per heavy atom. The van der Waals surface area contributed by atoms with Crippen LogP contribution < -0.4 is 0 Å². The molecule has 0 aromatic carbocycles. The van der Waals surface area contributed by atoms with Gasteiger partial charge in [-0.05, 0) is 19.1 Å². The molecular weight excluding hydrogens is 182 g/mol. The van der Waals surface area contributed by atoms with Crippen LogP contribution in [0, 0.1) is 0 Å². The number of rotatable bonds is 2. The molecule has 0 saturated carbocycles. The molecule has 0 atom stereocenters. The fraction of sp³-hybridized carbons (Fsp3) is 0.222. The summed E-state index contributed by atoms with van der Waals surface area (Å²) in [5.41, 5.74) is 0.880. The van der Waals surface area contributed by atoms with E-state index in [2.05, 4.69) is 15.2 Å². The highest BCUT2D eigenvalue weighted by Crippen LogP contribution is 2.13.